The Hall–Kier alpha value is -1.60. The molecule has 108 valence electrons. The molecule has 1 aliphatic rings. The highest BCUT2D eigenvalue weighted by atomic mass is 35.5. The van der Waals surface area contributed by atoms with Gasteiger partial charge in [-0.15, -0.1) is 13.2 Å². The third-order valence-corrected chi connectivity index (χ3v) is 3.16. The molecule has 0 saturated carbocycles. The van der Waals surface area contributed by atoms with Gasteiger partial charge in [0.15, 0.2) is 0 Å². The van der Waals surface area contributed by atoms with Crippen molar-refractivity contribution in [2.24, 2.45) is 4.99 Å². The van der Waals surface area contributed by atoms with Crippen LogP contribution in [-0.2, 0) is 11.3 Å². The molecule has 20 heavy (non-hydrogen) atoms. The van der Waals surface area contributed by atoms with Crippen molar-refractivity contribution in [3.05, 3.63) is 40.9 Å². The number of hydrogen-bond acceptors (Lipinski definition) is 5. The summed E-state index contributed by atoms with van der Waals surface area (Å²) in [6.07, 6.45) is -2.09. The Morgan fingerprint density at radius 3 is 2.65 bits per heavy atom. The molecule has 4 N–H and O–H groups in total. The third kappa shape index (κ3) is 3.71. The van der Waals surface area contributed by atoms with Crippen LogP contribution < -0.4 is 10.6 Å². The van der Waals surface area contributed by atoms with Crippen LogP contribution in [0.1, 0.15) is 5.56 Å². The van der Waals surface area contributed by atoms with E-state index in [0.717, 1.165) is 0 Å². The van der Waals surface area contributed by atoms with Crippen molar-refractivity contribution >= 4 is 40.8 Å². The Morgan fingerprint density at radius 1 is 1.40 bits per heavy atom. The first kappa shape index (κ1) is 16.5. The maximum absolute atomic E-state index is 11.1. The van der Waals surface area contributed by atoms with Gasteiger partial charge in [-0.1, -0.05) is 23.2 Å². The maximum atomic E-state index is 11.1. The lowest BCUT2D eigenvalue weighted by Gasteiger charge is -2.20. The molecule has 0 aromatic heterocycles. The first-order valence-electron chi connectivity index (χ1n) is 5.44. The van der Waals surface area contributed by atoms with Crippen molar-refractivity contribution in [2.75, 3.05) is 5.32 Å². The van der Waals surface area contributed by atoms with Gasteiger partial charge in [0.2, 0.25) is 12.2 Å². The number of rotatable bonds is 1. The van der Waals surface area contributed by atoms with Gasteiger partial charge in [-0.3, -0.25) is 10.1 Å². The van der Waals surface area contributed by atoms with E-state index >= 15 is 0 Å². The van der Waals surface area contributed by atoms with E-state index in [4.69, 9.17) is 33.4 Å². The number of carbonyl (C=O) groups is 1. The molecule has 1 amide bonds. The highest BCUT2D eigenvalue weighted by molar-refractivity contribution is 6.42. The van der Waals surface area contributed by atoms with E-state index in [9.17, 15) is 4.79 Å². The van der Waals surface area contributed by atoms with Gasteiger partial charge in [-0.2, -0.15) is 0 Å². The molecule has 0 spiro atoms. The molecular weight excluding hydrogens is 305 g/mol. The van der Waals surface area contributed by atoms with Crippen LogP contribution in [0.25, 0.3) is 0 Å². The molecule has 0 atom stereocenters. The fourth-order valence-electron chi connectivity index (χ4n) is 1.44. The van der Waals surface area contributed by atoms with E-state index in [0.29, 0.717) is 21.3 Å². The average Bonchev–Trinajstić information content (AvgIpc) is 2.45. The number of amides is 1. The lowest BCUT2D eigenvalue weighted by molar-refractivity contribution is -0.145. The van der Waals surface area contributed by atoms with Crippen LogP contribution in [0.3, 0.4) is 0 Å². The van der Waals surface area contributed by atoms with Crippen LogP contribution in [0.4, 0.5) is 5.69 Å². The van der Waals surface area contributed by atoms with Crippen LogP contribution >= 0.6 is 23.2 Å². The minimum absolute atomic E-state index is 0.124. The average molecular weight is 318 g/mol. The molecule has 1 aromatic carbocycles. The van der Waals surface area contributed by atoms with Crippen molar-refractivity contribution in [1.82, 2.24) is 5.32 Å². The van der Waals surface area contributed by atoms with E-state index in [2.05, 4.69) is 28.8 Å². The summed E-state index contributed by atoms with van der Waals surface area (Å²) in [5.74, 6) is -0.844. The van der Waals surface area contributed by atoms with Crippen molar-refractivity contribution in [1.29, 1.82) is 0 Å². The van der Waals surface area contributed by atoms with Crippen molar-refractivity contribution in [3.8, 4) is 0 Å². The summed E-state index contributed by atoms with van der Waals surface area (Å²) in [5, 5.41) is 23.1. The summed E-state index contributed by atoms with van der Waals surface area (Å²) < 4.78 is 0. The summed E-state index contributed by atoms with van der Waals surface area (Å²) in [6.45, 7) is 6.23. The molecule has 1 aliphatic heterocycles. The zero-order chi connectivity index (χ0) is 15.3. The molecular formula is C12H13Cl2N3O3. The van der Waals surface area contributed by atoms with E-state index in [1.807, 2.05) is 0 Å². The van der Waals surface area contributed by atoms with Gasteiger partial charge in [-0.25, -0.2) is 4.99 Å². The van der Waals surface area contributed by atoms with E-state index in [-0.39, 0.29) is 12.5 Å². The SMILES string of the molecule is C=C.O=C(NC1=NCc2c(ccc(Cl)c2Cl)N1)C(O)O. The Labute approximate surface area is 125 Å². The van der Waals surface area contributed by atoms with Crippen LogP contribution in [0.2, 0.25) is 10.0 Å². The molecule has 1 heterocycles. The van der Waals surface area contributed by atoms with Crippen molar-refractivity contribution < 1.29 is 15.0 Å². The van der Waals surface area contributed by atoms with Crippen LogP contribution in [0.5, 0.6) is 0 Å². The van der Waals surface area contributed by atoms with Gasteiger partial charge in [0.25, 0.3) is 5.91 Å². The normalized spacial score (nSPS) is 12.6. The van der Waals surface area contributed by atoms with Gasteiger partial charge < -0.3 is 15.5 Å². The summed E-state index contributed by atoms with van der Waals surface area (Å²) >= 11 is 11.9. The van der Waals surface area contributed by atoms with Crippen LogP contribution in [0.15, 0.2) is 30.3 Å². The zero-order valence-electron chi connectivity index (χ0n) is 10.4. The molecule has 0 aliphatic carbocycles. The number of guanidine groups is 1. The van der Waals surface area contributed by atoms with Gasteiger partial charge in [0, 0.05) is 11.3 Å². The number of fused-ring (bicyclic) bond motifs is 1. The first-order valence-corrected chi connectivity index (χ1v) is 6.20. The quantitative estimate of drug-likeness (QED) is 0.466. The molecule has 8 heteroatoms. The summed E-state index contributed by atoms with van der Waals surface area (Å²) in [4.78, 5) is 15.1. The molecule has 1 aromatic rings. The lowest BCUT2D eigenvalue weighted by Crippen LogP contribution is -2.43. The maximum Gasteiger partial charge on any atom is 0.283 e. The van der Waals surface area contributed by atoms with Gasteiger partial charge >= 0.3 is 0 Å². The van der Waals surface area contributed by atoms with Crippen LogP contribution in [-0.4, -0.2) is 28.4 Å². The molecule has 0 radical (unpaired) electrons. The summed E-state index contributed by atoms with van der Waals surface area (Å²) in [6, 6.07) is 3.31. The monoisotopic (exact) mass is 317 g/mol. The molecule has 0 bridgehead atoms. The number of aliphatic imine (C=N–C) groups is 1. The third-order valence-electron chi connectivity index (χ3n) is 2.32. The predicted octanol–water partition coefficient (Wildman–Crippen LogP) is 1.50. The molecule has 0 unspecified atom stereocenters. The molecule has 0 fully saturated rings. The number of halogens is 2. The van der Waals surface area contributed by atoms with E-state index < -0.39 is 12.2 Å². The Morgan fingerprint density at radius 2 is 2.05 bits per heavy atom. The minimum atomic E-state index is -2.09. The van der Waals surface area contributed by atoms with Gasteiger partial charge in [0.1, 0.15) is 0 Å². The molecule has 2 rings (SSSR count). The second-order valence-corrected chi connectivity index (χ2v) is 4.33. The number of carbonyl (C=O) groups excluding carboxylic acids is 1. The largest absolute Gasteiger partial charge is 0.361 e. The number of anilines is 1. The van der Waals surface area contributed by atoms with Crippen LogP contribution in [0, 0.1) is 0 Å². The highest BCUT2D eigenvalue weighted by Crippen LogP contribution is 2.33. The Balaban J connectivity index is 0.000000956. The van der Waals surface area contributed by atoms with E-state index in [1.54, 1.807) is 12.1 Å². The second kappa shape index (κ2) is 7.25. The van der Waals surface area contributed by atoms with Gasteiger partial charge in [0.05, 0.1) is 16.6 Å². The number of benzene rings is 1. The predicted molar refractivity (Wildman–Crippen MR) is 78.8 cm³/mol. The van der Waals surface area contributed by atoms with Crippen molar-refractivity contribution in [3.63, 3.8) is 0 Å². The number of nitrogens with zero attached hydrogens (tertiary/aromatic N) is 1. The fourth-order valence-corrected chi connectivity index (χ4v) is 1.84. The van der Waals surface area contributed by atoms with E-state index in [1.165, 1.54) is 0 Å². The first-order chi connectivity index (χ1) is 9.49. The standard InChI is InChI=1S/C10H9Cl2N3O3.C2H4/c11-5-1-2-6-4(7(5)12)3-13-10(14-6)15-8(16)9(17)18;1-2/h1-2,9,17-18H,3H2,(H2,13,14,15,16);1-2H2. The Bertz CT molecular complexity index is 547. The Kier molecular flexibility index (Phi) is 5.97. The summed E-state index contributed by atoms with van der Waals surface area (Å²) in [5.41, 5.74) is 1.37. The van der Waals surface area contributed by atoms with Gasteiger partial charge in [-0.05, 0) is 12.1 Å². The smallest absolute Gasteiger partial charge is 0.283 e. The lowest BCUT2D eigenvalue weighted by atomic mass is 10.1. The number of hydrogen-bond donors (Lipinski definition) is 4. The number of aliphatic hydroxyl groups is 2. The summed E-state index contributed by atoms with van der Waals surface area (Å²) in [7, 11) is 0. The number of nitrogens with one attached hydrogen (secondary N) is 2. The zero-order valence-corrected chi connectivity index (χ0v) is 11.9. The molecule has 0 saturated heterocycles. The minimum Gasteiger partial charge on any atom is -0.361 e. The van der Waals surface area contributed by atoms with Crippen molar-refractivity contribution in [2.45, 2.75) is 12.8 Å². The number of aliphatic hydroxyl groups excluding tert-OH is 1. The topological polar surface area (TPSA) is 94.0 Å². The highest BCUT2D eigenvalue weighted by Gasteiger charge is 2.19. The molecule has 6 nitrogen and oxygen atoms in total. The fraction of sp³-hybridized carbons (Fsp3) is 0.167. The second-order valence-electron chi connectivity index (χ2n) is 3.54.